The van der Waals surface area contributed by atoms with Crippen molar-refractivity contribution in [2.75, 3.05) is 11.1 Å². The van der Waals surface area contributed by atoms with Crippen molar-refractivity contribution in [1.82, 2.24) is 29.7 Å². The number of para-hydroxylation sites is 1. The number of hydrogen-bond donors (Lipinski definition) is 2. The van der Waals surface area contributed by atoms with Gasteiger partial charge >= 0.3 is 5.97 Å². The zero-order valence-electron chi connectivity index (χ0n) is 16.1. The number of carbonyl (C=O) groups is 1. The molecule has 2 heterocycles. The molecule has 10 heteroatoms. The van der Waals surface area contributed by atoms with Crippen LogP contribution in [0.5, 0.6) is 0 Å². The van der Waals surface area contributed by atoms with E-state index in [4.69, 9.17) is 10.5 Å². The summed E-state index contributed by atoms with van der Waals surface area (Å²) in [7, 11) is 0. The van der Waals surface area contributed by atoms with Crippen LogP contribution in [-0.2, 0) is 11.3 Å². The van der Waals surface area contributed by atoms with E-state index in [1.165, 1.54) is 6.33 Å². The van der Waals surface area contributed by atoms with Crippen molar-refractivity contribution in [3.63, 3.8) is 0 Å². The molecule has 0 spiro atoms. The number of hydrogen-bond acceptors (Lipinski definition) is 9. The third-order valence-corrected chi connectivity index (χ3v) is 4.21. The van der Waals surface area contributed by atoms with Crippen molar-refractivity contribution in [1.29, 1.82) is 0 Å². The van der Waals surface area contributed by atoms with Crippen LogP contribution < -0.4 is 11.1 Å². The van der Waals surface area contributed by atoms with Crippen LogP contribution in [0.2, 0.25) is 0 Å². The van der Waals surface area contributed by atoms with Crippen LogP contribution in [0.4, 0.5) is 17.6 Å². The molecule has 4 rings (SSSR count). The van der Waals surface area contributed by atoms with E-state index in [9.17, 15) is 4.79 Å². The van der Waals surface area contributed by atoms with Gasteiger partial charge in [-0.3, -0.25) is 0 Å². The smallest absolute Gasteiger partial charge is 0.338 e. The van der Waals surface area contributed by atoms with Crippen LogP contribution in [-0.4, -0.2) is 35.7 Å². The molecule has 0 aliphatic rings. The van der Waals surface area contributed by atoms with E-state index in [2.05, 4.69) is 30.4 Å². The number of esters is 1. The van der Waals surface area contributed by atoms with Gasteiger partial charge < -0.3 is 15.8 Å². The lowest BCUT2D eigenvalue weighted by Gasteiger charge is -2.10. The molecule has 0 aliphatic carbocycles. The number of nitrogens with zero attached hydrogens (tertiary/aromatic N) is 6. The highest BCUT2D eigenvalue weighted by Crippen LogP contribution is 2.18. The minimum Gasteiger partial charge on any atom is -0.454 e. The molecule has 150 valence electrons. The molecule has 0 fully saturated rings. The van der Waals surface area contributed by atoms with Crippen LogP contribution in [0.3, 0.4) is 0 Å². The van der Waals surface area contributed by atoms with Crippen molar-refractivity contribution >= 4 is 23.6 Å². The number of anilines is 3. The second kappa shape index (κ2) is 8.35. The third-order valence-electron chi connectivity index (χ3n) is 4.21. The predicted molar refractivity (Wildman–Crippen MR) is 109 cm³/mol. The zero-order valence-corrected chi connectivity index (χ0v) is 16.1. The number of nitrogen functional groups attached to an aromatic ring is 1. The molecule has 0 saturated heterocycles. The highest BCUT2D eigenvalue weighted by Gasteiger charge is 2.11. The summed E-state index contributed by atoms with van der Waals surface area (Å²) >= 11 is 0. The molecule has 0 saturated carbocycles. The van der Waals surface area contributed by atoms with Gasteiger partial charge in [0.05, 0.1) is 11.3 Å². The van der Waals surface area contributed by atoms with Crippen LogP contribution in [0.1, 0.15) is 21.7 Å². The van der Waals surface area contributed by atoms with Gasteiger partial charge in [0.25, 0.3) is 0 Å². The maximum absolute atomic E-state index is 12.3. The average Bonchev–Trinajstić information content (AvgIpc) is 3.28. The second-order valence-corrected chi connectivity index (χ2v) is 6.34. The third kappa shape index (κ3) is 4.38. The standard InChI is InChI=1S/C20H18N8O2/c1-13-4-2-3-5-16(13)24-20-26-17(25-19(21)27-20)10-30-18(29)14-6-8-15(9-7-14)28-12-22-11-23-28/h2-9,11-12H,10H2,1H3,(H3,21,24,25,26,27). The van der Waals surface area contributed by atoms with Crippen molar-refractivity contribution in [3.05, 3.63) is 78.1 Å². The largest absolute Gasteiger partial charge is 0.454 e. The van der Waals surface area contributed by atoms with Gasteiger partial charge in [-0.2, -0.15) is 20.1 Å². The van der Waals surface area contributed by atoms with Crippen molar-refractivity contribution in [2.45, 2.75) is 13.5 Å². The Kier molecular flexibility index (Phi) is 5.29. The van der Waals surface area contributed by atoms with Gasteiger partial charge in [-0.15, -0.1) is 0 Å². The molecule has 2 aromatic carbocycles. The lowest BCUT2D eigenvalue weighted by atomic mass is 10.2. The molecule has 0 bridgehead atoms. The Balaban J connectivity index is 1.42. The average molecular weight is 402 g/mol. The van der Waals surface area contributed by atoms with Crippen molar-refractivity contribution in [3.8, 4) is 5.69 Å². The number of benzene rings is 2. The Hall–Kier alpha value is -4.34. The summed E-state index contributed by atoms with van der Waals surface area (Å²) in [6.45, 7) is 1.82. The normalized spacial score (nSPS) is 10.6. The van der Waals surface area contributed by atoms with Crippen molar-refractivity contribution < 1.29 is 9.53 Å². The maximum Gasteiger partial charge on any atom is 0.338 e. The highest BCUT2D eigenvalue weighted by atomic mass is 16.5. The molecule has 2 aromatic heterocycles. The molecule has 0 radical (unpaired) electrons. The first kappa shape index (κ1) is 19.0. The molecular weight excluding hydrogens is 384 g/mol. The molecule has 30 heavy (non-hydrogen) atoms. The second-order valence-electron chi connectivity index (χ2n) is 6.34. The maximum atomic E-state index is 12.3. The number of nitrogens with two attached hydrogens (primary N) is 1. The van der Waals surface area contributed by atoms with Gasteiger partial charge in [0.15, 0.2) is 12.4 Å². The summed E-state index contributed by atoms with van der Waals surface area (Å²) in [6, 6.07) is 14.5. The van der Waals surface area contributed by atoms with Crippen LogP contribution in [0.15, 0.2) is 61.2 Å². The van der Waals surface area contributed by atoms with Crippen LogP contribution in [0, 0.1) is 6.92 Å². The molecule has 0 unspecified atom stereocenters. The Bertz CT molecular complexity index is 1160. The highest BCUT2D eigenvalue weighted by molar-refractivity contribution is 5.89. The SMILES string of the molecule is Cc1ccccc1Nc1nc(N)nc(COC(=O)c2ccc(-n3cncn3)cc2)n1. The monoisotopic (exact) mass is 402 g/mol. The first-order valence-electron chi connectivity index (χ1n) is 9.04. The quantitative estimate of drug-likeness (QED) is 0.466. The van der Waals surface area contributed by atoms with Crippen LogP contribution in [0.25, 0.3) is 5.69 Å². The fourth-order valence-corrected chi connectivity index (χ4v) is 2.70. The first-order valence-corrected chi connectivity index (χ1v) is 9.04. The number of aryl methyl sites for hydroxylation is 1. The molecule has 0 atom stereocenters. The van der Waals surface area contributed by atoms with E-state index in [1.54, 1.807) is 35.3 Å². The molecule has 0 aliphatic heterocycles. The van der Waals surface area contributed by atoms with Gasteiger partial charge in [0, 0.05) is 5.69 Å². The van der Waals surface area contributed by atoms with Gasteiger partial charge in [-0.25, -0.2) is 14.5 Å². The topological polar surface area (TPSA) is 134 Å². The molecular formula is C20H18N8O2. The zero-order chi connectivity index (χ0) is 20.9. The lowest BCUT2D eigenvalue weighted by Crippen LogP contribution is -2.11. The minimum atomic E-state index is -0.507. The van der Waals surface area contributed by atoms with Gasteiger partial charge in [0.1, 0.15) is 12.7 Å². The van der Waals surface area contributed by atoms with E-state index >= 15 is 0 Å². The molecule has 10 nitrogen and oxygen atoms in total. The Morgan fingerprint density at radius 3 is 2.63 bits per heavy atom. The van der Waals surface area contributed by atoms with E-state index in [0.717, 1.165) is 16.9 Å². The Labute approximate surface area is 171 Å². The first-order chi connectivity index (χ1) is 14.6. The summed E-state index contributed by atoms with van der Waals surface area (Å²) in [5, 5.41) is 7.13. The van der Waals surface area contributed by atoms with Crippen molar-refractivity contribution in [2.24, 2.45) is 0 Å². The summed E-state index contributed by atoms with van der Waals surface area (Å²) in [4.78, 5) is 28.6. The number of rotatable bonds is 6. The summed E-state index contributed by atoms with van der Waals surface area (Å²) in [6.07, 6.45) is 3.01. The van der Waals surface area contributed by atoms with Gasteiger partial charge in [0.2, 0.25) is 11.9 Å². The van der Waals surface area contributed by atoms with Crippen LogP contribution >= 0.6 is 0 Å². The fraction of sp³-hybridized carbons (Fsp3) is 0.100. The van der Waals surface area contributed by atoms with E-state index < -0.39 is 5.97 Å². The fourth-order valence-electron chi connectivity index (χ4n) is 2.70. The molecule has 4 aromatic rings. The van der Waals surface area contributed by atoms with Gasteiger partial charge in [-0.05, 0) is 42.8 Å². The van der Waals surface area contributed by atoms with E-state index in [0.29, 0.717) is 5.56 Å². The van der Waals surface area contributed by atoms with E-state index in [1.807, 2.05) is 31.2 Å². The molecule has 0 amide bonds. The number of nitrogens with one attached hydrogen (secondary N) is 1. The number of aromatic nitrogens is 6. The summed E-state index contributed by atoms with van der Waals surface area (Å²) in [5.74, 6) is 0.0445. The minimum absolute atomic E-state index is 0.0318. The summed E-state index contributed by atoms with van der Waals surface area (Å²) in [5.41, 5.74) is 8.82. The predicted octanol–water partition coefficient (Wildman–Crippen LogP) is 2.44. The Morgan fingerprint density at radius 2 is 1.90 bits per heavy atom. The number of ether oxygens (including phenoxy) is 1. The van der Waals surface area contributed by atoms with Gasteiger partial charge in [-0.1, -0.05) is 18.2 Å². The Morgan fingerprint density at radius 1 is 1.10 bits per heavy atom. The molecule has 3 N–H and O–H groups in total. The lowest BCUT2D eigenvalue weighted by molar-refractivity contribution is 0.0462. The van der Waals surface area contributed by atoms with E-state index in [-0.39, 0.29) is 24.3 Å². The summed E-state index contributed by atoms with van der Waals surface area (Å²) < 4.78 is 6.91. The number of carbonyl (C=O) groups excluding carboxylic acids is 1.